The highest BCUT2D eigenvalue weighted by molar-refractivity contribution is 5.25. The Labute approximate surface area is 81.6 Å². The van der Waals surface area contributed by atoms with Crippen LogP contribution in [0.4, 0.5) is 0 Å². The summed E-state index contributed by atoms with van der Waals surface area (Å²) in [6, 6.07) is 1.89. The summed E-state index contributed by atoms with van der Waals surface area (Å²) in [7, 11) is 0. The van der Waals surface area contributed by atoms with Crippen LogP contribution in [0.25, 0.3) is 5.82 Å². The Hall–Kier alpha value is -1.75. The molecule has 0 saturated heterocycles. The van der Waals surface area contributed by atoms with Gasteiger partial charge in [-0.3, -0.25) is 4.57 Å². The maximum Gasteiger partial charge on any atom is 0.141 e. The highest BCUT2D eigenvalue weighted by Gasteiger charge is 2.03. The summed E-state index contributed by atoms with van der Waals surface area (Å²) in [5, 5.41) is 0. The Balaban J connectivity index is 2.49. The zero-order valence-corrected chi connectivity index (χ0v) is 7.88. The van der Waals surface area contributed by atoms with Gasteiger partial charge in [-0.25, -0.2) is 15.0 Å². The van der Waals surface area contributed by atoms with Crippen molar-refractivity contribution in [3.05, 3.63) is 36.3 Å². The van der Waals surface area contributed by atoms with E-state index in [9.17, 15) is 0 Å². The fourth-order valence-corrected chi connectivity index (χ4v) is 1.27. The molecule has 5 nitrogen and oxygen atoms in total. The summed E-state index contributed by atoms with van der Waals surface area (Å²) >= 11 is 0. The third kappa shape index (κ3) is 1.49. The molecular formula is C9H11N5. The second-order valence-electron chi connectivity index (χ2n) is 2.94. The van der Waals surface area contributed by atoms with Gasteiger partial charge in [0, 0.05) is 24.2 Å². The lowest BCUT2D eigenvalue weighted by atomic mass is 10.4. The van der Waals surface area contributed by atoms with Crippen LogP contribution in [0.1, 0.15) is 11.5 Å². The van der Waals surface area contributed by atoms with Crippen molar-refractivity contribution >= 4 is 0 Å². The minimum Gasteiger partial charge on any atom is -0.324 e. The number of imidazole rings is 1. The molecule has 2 rings (SSSR count). The molecule has 0 aliphatic carbocycles. The van der Waals surface area contributed by atoms with Crippen LogP contribution < -0.4 is 5.73 Å². The third-order valence-electron chi connectivity index (χ3n) is 1.94. The van der Waals surface area contributed by atoms with Gasteiger partial charge < -0.3 is 5.73 Å². The van der Waals surface area contributed by atoms with Gasteiger partial charge in [0.1, 0.15) is 18.0 Å². The summed E-state index contributed by atoms with van der Waals surface area (Å²) < 4.78 is 1.86. The molecule has 0 bridgehead atoms. The zero-order chi connectivity index (χ0) is 9.97. The minimum atomic E-state index is 0.399. The number of aryl methyl sites for hydroxylation is 1. The van der Waals surface area contributed by atoms with Crippen LogP contribution in [0.2, 0.25) is 0 Å². The number of hydrogen-bond donors (Lipinski definition) is 1. The standard InChI is InChI=1S/C9H11N5/c1-7-4-8(13-6-12-7)14-3-2-11-9(14)5-10/h2-4,6H,5,10H2,1H3. The first-order chi connectivity index (χ1) is 6.81. The van der Waals surface area contributed by atoms with Gasteiger partial charge in [0.15, 0.2) is 0 Å². The molecule has 5 heteroatoms. The Bertz CT molecular complexity index is 434. The van der Waals surface area contributed by atoms with Crippen molar-refractivity contribution in [3.8, 4) is 5.82 Å². The van der Waals surface area contributed by atoms with Gasteiger partial charge in [0.05, 0.1) is 6.54 Å². The van der Waals surface area contributed by atoms with Crippen LogP contribution >= 0.6 is 0 Å². The molecule has 0 spiro atoms. The van der Waals surface area contributed by atoms with E-state index in [0.29, 0.717) is 6.54 Å². The largest absolute Gasteiger partial charge is 0.324 e. The van der Waals surface area contributed by atoms with Gasteiger partial charge in [0.2, 0.25) is 0 Å². The third-order valence-corrected chi connectivity index (χ3v) is 1.94. The SMILES string of the molecule is Cc1cc(-n2ccnc2CN)ncn1. The van der Waals surface area contributed by atoms with E-state index in [1.165, 1.54) is 6.33 Å². The molecule has 72 valence electrons. The normalized spacial score (nSPS) is 10.4. The molecule has 0 saturated carbocycles. The first-order valence-electron chi connectivity index (χ1n) is 4.32. The van der Waals surface area contributed by atoms with Crippen molar-refractivity contribution in [3.63, 3.8) is 0 Å². The Morgan fingerprint density at radius 3 is 2.93 bits per heavy atom. The van der Waals surface area contributed by atoms with Crippen molar-refractivity contribution < 1.29 is 0 Å². The van der Waals surface area contributed by atoms with E-state index < -0.39 is 0 Å². The predicted molar refractivity (Wildman–Crippen MR) is 51.8 cm³/mol. The summed E-state index contributed by atoms with van der Waals surface area (Å²) in [4.78, 5) is 12.3. The molecule has 0 aromatic carbocycles. The van der Waals surface area contributed by atoms with Crippen LogP contribution in [0, 0.1) is 6.92 Å². The average Bonchev–Trinajstić information content (AvgIpc) is 2.65. The number of rotatable bonds is 2. The van der Waals surface area contributed by atoms with Crippen molar-refractivity contribution in [1.82, 2.24) is 19.5 Å². The van der Waals surface area contributed by atoms with E-state index in [4.69, 9.17) is 5.73 Å². The first kappa shape index (κ1) is 8.83. The molecule has 0 radical (unpaired) electrons. The summed E-state index contributed by atoms with van der Waals surface area (Å²) in [6.45, 7) is 2.32. The lowest BCUT2D eigenvalue weighted by molar-refractivity contribution is 0.840. The van der Waals surface area contributed by atoms with Crippen LogP contribution in [0.15, 0.2) is 24.8 Å². The number of nitrogens with zero attached hydrogens (tertiary/aromatic N) is 4. The Morgan fingerprint density at radius 2 is 2.21 bits per heavy atom. The monoisotopic (exact) mass is 189 g/mol. The van der Waals surface area contributed by atoms with E-state index in [0.717, 1.165) is 17.3 Å². The fraction of sp³-hybridized carbons (Fsp3) is 0.222. The van der Waals surface area contributed by atoms with Gasteiger partial charge in [-0.05, 0) is 6.92 Å². The van der Waals surface area contributed by atoms with Gasteiger partial charge in [-0.15, -0.1) is 0 Å². The predicted octanol–water partition coefficient (Wildman–Crippen LogP) is 0.429. The molecule has 14 heavy (non-hydrogen) atoms. The molecule has 2 N–H and O–H groups in total. The van der Waals surface area contributed by atoms with Gasteiger partial charge >= 0.3 is 0 Å². The van der Waals surface area contributed by atoms with Gasteiger partial charge in [-0.2, -0.15) is 0 Å². The highest BCUT2D eigenvalue weighted by atomic mass is 15.1. The van der Waals surface area contributed by atoms with Crippen molar-refractivity contribution in [1.29, 1.82) is 0 Å². The Kier molecular flexibility index (Phi) is 2.24. The molecular weight excluding hydrogens is 178 g/mol. The number of hydrogen-bond acceptors (Lipinski definition) is 4. The summed E-state index contributed by atoms with van der Waals surface area (Å²) in [5.41, 5.74) is 6.47. The molecule has 2 heterocycles. The molecule has 2 aromatic heterocycles. The Morgan fingerprint density at radius 1 is 1.36 bits per heavy atom. The fourth-order valence-electron chi connectivity index (χ4n) is 1.27. The van der Waals surface area contributed by atoms with E-state index in [1.54, 1.807) is 6.20 Å². The van der Waals surface area contributed by atoms with Gasteiger partial charge in [-0.1, -0.05) is 0 Å². The lowest BCUT2D eigenvalue weighted by Crippen LogP contribution is -2.07. The molecule has 0 atom stereocenters. The molecule has 2 aromatic rings. The smallest absolute Gasteiger partial charge is 0.141 e. The van der Waals surface area contributed by atoms with Crippen molar-refractivity contribution in [2.24, 2.45) is 5.73 Å². The maximum atomic E-state index is 5.54. The average molecular weight is 189 g/mol. The highest BCUT2D eigenvalue weighted by Crippen LogP contribution is 2.07. The van der Waals surface area contributed by atoms with Gasteiger partial charge in [0.25, 0.3) is 0 Å². The molecule has 0 aliphatic heterocycles. The van der Waals surface area contributed by atoms with E-state index >= 15 is 0 Å². The molecule has 0 fully saturated rings. The second-order valence-corrected chi connectivity index (χ2v) is 2.94. The van der Waals surface area contributed by atoms with Crippen molar-refractivity contribution in [2.45, 2.75) is 13.5 Å². The van der Waals surface area contributed by atoms with E-state index in [1.807, 2.05) is 23.8 Å². The quantitative estimate of drug-likeness (QED) is 0.743. The molecule has 0 amide bonds. The number of aromatic nitrogens is 4. The maximum absolute atomic E-state index is 5.54. The lowest BCUT2D eigenvalue weighted by Gasteiger charge is -2.04. The summed E-state index contributed by atoms with van der Waals surface area (Å²) in [5.74, 6) is 1.60. The molecule has 0 aliphatic rings. The van der Waals surface area contributed by atoms with Crippen LogP contribution in [0.5, 0.6) is 0 Å². The minimum absolute atomic E-state index is 0.399. The number of nitrogens with two attached hydrogens (primary N) is 1. The molecule has 0 unspecified atom stereocenters. The zero-order valence-electron chi connectivity index (χ0n) is 7.88. The second kappa shape index (κ2) is 3.55. The topological polar surface area (TPSA) is 69.6 Å². The van der Waals surface area contributed by atoms with E-state index in [-0.39, 0.29) is 0 Å². The van der Waals surface area contributed by atoms with Crippen molar-refractivity contribution in [2.75, 3.05) is 0 Å². The summed E-state index contributed by atoms with van der Waals surface area (Å²) in [6.07, 6.45) is 5.08. The van der Waals surface area contributed by atoms with Crippen LogP contribution in [-0.2, 0) is 6.54 Å². The van der Waals surface area contributed by atoms with E-state index in [2.05, 4.69) is 15.0 Å². The first-order valence-corrected chi connectivity index (χ1v) is 4.32. The van der Waals surface area contributed by atoms with Crippen LogP contribution in [-0.4, -0.2) is 19.5 Å². The van der Waals surface area contributed by atoms with Crippen LogP contribution in [0.3, 0.4) is 0 Å².